The first-order valence-corrected chi connectivity index (χ1v) is 6.45. The molecule has 1 aliphatic rings. The molecule has 1 aliphatic heterocycles. The van der Waals surface area contributed by atoms with Gasteiger partial charge in [0.05, 0.1) is 20.3 Å². The maximum Gasteiger partial charge on any atom is 0.337 e. The summed E-state index contributed by atoms with van der Waals surface area (Å²) in [6.45, 7) is 1.34. The fraction of sp³-hybridized carbons (Fsp3) is 0.500. The molecule has 0 amide bonds. The van der Waals surface area contributed by atoms with Crippen LogP contribution in [0.4, 0.5) is 0 Å². The summed E-state index contributed by atoms with van der Waals surface area (Å²) in [6, 6.07) is 4.62. The fourth-order valence-corrected chi connectivity index (χ4v) is 2.07. The number of carboxylic acids is 1. The topological polar surface area (TPSA) is 85.2 Å². The zero-order valence-electron chi connectivity index (χ0n) is 11.2. The van der Waals surface area contributed by atoms with Gasteiger partial charge < -0.3 is 24.4 Å². The SMILES string of the molecule is COc1cc(C(O)C(=O)O)ccc1OC1CCOCC1. The largest absolute Gasteiger partial charge is 0.493 e. The molecular formula is C14H18O6. The molecule has 1 aromatic rings. The van der Waals surface area contributed by atoms with E-state index in [0.29, 0.717) is 24.7 Å². The number of ether oxygens (including phenoxy) is 3. The molecule has 0 saturated carbocycles. The Bertz CT molecular complexity index is 467. The van der Waals surface area contributed by atoms with Crippen LogP contribution in [0.15, 0.2) is 18.2 Å². The summed E-state index contributed by atoms with van der Waals surface area (Å²) in [6.07, 6.45) is 0.111. The van der Waals surface area contributed by atoms with Gasteiger partial charge in [-0.25, -0.2) is 4.79 Å². The van der Waals surface area contributed by atoms with Gasteiger partial charge in [-0.3, -0.25) is 0 Å². The number of aliphatic hydroxyl groups is 1. The lowest BCUT2D eigenvalue weighted by atomic mass is 10.1. The Morgan fingerprint density at radius 1 is 1.35 bits per heavy atom. The van der Waals surface area contributed by atoms with Crippen LogP contribution < -0.4 is 9.47 Å². The average Bonchev–Trinajstić information content (AvgIpc) is 2.48. The van der Waals surface area contributed by atoms with Gasteiger partial charge in [0, 0.05) is 12.8 Å². The van der Waals surface area contributed by atoms with Gasteiger partial charge in [0.15, 0.2) is 17.6 Å². The van der Waals surface area contributed by atoms with Crippen molar-refractivity contribution in [2.75, 3.05) is 20.3 Å². The molecule has 0 spiro atoms. The van der Waals surface area contributed by atoms with E-state index in [1.165, 1.54) is 19.2 Å². The number of aliphatic hydroxyl groups excluding tert-OH is 1. The number of carboxylic acid groups (broad SMARTS) is 1. The minimum atomic E-state index is -1.57. The van der Waals surface area contributed by atoms with Gasteiger partial charge in [0.25, 0.3) is 0 Å². The van der Waals surface area contributed by atoms with E-state index < -0.39 is 12.1 Å². The molecule has 0 aliphatic carbocycles. The zero-order valence-corrected chi connectivity index (χ0v) is 11.2. The third kappa shape index (κ3) is 3.40. The highest BCUT2D eigenvalue weighted by Gasteiger charge is 2.20. The van der Waals surface area contributed by atoms with Gasteiger partial charge in [0.2, 0.25) is 0 Å². The molecule has 6 nitrogen and oxygen atoms in total. The van der Waals surface area contributed by atoms with Crippen molar-refractivity contribution in [3.8, 4) is 11.5 Å². The van der Waals surface area contributed by atoms with Crippen LogP contribution in [0.25, 0.3) is 0 Å². The van der Waals surface area contributed by atoms with Crippen molar-refractivity contribution in [2.24, 2.45) is 0 Å². The van der Waals surface area contributed by atoms with Crippen LogP contribution in [0, 0.1) is 0 Å². The lowest BCUT2D eigenvalue weighted by Gasteiger charge is -2.24. The van der Waals surface area contributed by atoms with Crippen LogP contribution in [0.2, 0.25) is 0 Å². The molecule has 1 saturated heterocycles. The molecule has 1 fully saturated rings. The van der Waals surface area contributed by atoms with Crippen molar-refractivity contribution in [3.05, 3.63) is 23.8 Å². The van der Waals surface area contributed by atoms with Crippen molar-refractivity contribution >= 4 is 5.97 Å². The summed E-state index contributed by atoms with van der Waals surface area (Å²) < 4.78 is 16.3. The van der Waals surface area contributed by atoms with E-state index in [1.807, 2.05) is 0 Å². The second kappa shape index (κ2) is 6.58. The van der Waals surface area contributed by atoms with Crippen molar-refractivity contribution < 1.29 is 29.2 Å². The Labute approximate surface area is 116 Å². The average molecular weight is 282 g/mol. The quantitative estimate of drug-likeness (QED) is 0.848. The van der Waals surface area contributed by atoms with E-state index in [2.05, 4.69) is 0 Å². The van der Waals surface area contributed by atoms with Crippen molar-refractivity contribution in [1.82, 2.24) is 0 Å². The summed E-state index contributed by atoms with van der Waals surface area (Å²) in [4.78, 5) is 10.8. The smallest absolute Gasteiger partial charge is 0.337 e. The number of carbonyl (C=O) groups is 1. The van der Waals surface area contributed by atoms with Crippen LogP contribution in [0.3, 0.4) is 0 Å². The van der Waals surface area contributed by atoms with Gasteiger partial charge in [-0.1, -0.05) is 6.07 Å². The first-order chi connectivity index (χ1) is 9.61. The minimum absolute atomic E-state index is 0.0629. The second-order valence-electron chi connectivity index (χ2n) is 4.58. The number of hydrogen-bond acceptors (Lipinski definition) is 5. The normalized spacial score (nSPS) is 17.5. The highest BCUT2D eigenvalue weighted by molar-refractivity contribution is 5.74. The summed E-state index contributed by atoms with van der Waals surface area (Å²) in [7, 11) is 1.48. The van der Waals surface area contributed by atoms with E-state index in [0.717, 1.165) is 12.8 Å². The first-order valence-electron chi connectivity index (χ1n) is 6.45. The molecule has 0 aromatic heterocycles. The predicted octanol–water partition coefficient (Wildman–Crippen LogP) is 1.37. The van der Waals surface area contributed by atoms with Crippen LogP contribution in [-0.4, -0.2) is 42.6 Å². The molecular weight excluding hydrogens is 264 g/mol. The molecule has 2 N–H and O–H groups in total. The van der Waals surface area contributed by atoms with Gasteiger partial charge in [-0.15, -0.1) is 0 Å². The van der Waals surface area contributed by atoms with E-state index in [1.54, 1.807) is 6.07 Å². The Morgan fingerprint density at radius 2 is 2.05 bits per heavy atom. The molecule has 1 unspecified atom stereocenters. The van der Waals surface area contributed by atoms with Crippen LogP contribution >= 0.6 is 0 Å². The predicted molar refractivity (Wildman–Crippen MR) is 70.1 cm³/mol. The monoisotopic (exact) mass is 282 g/mol. The van der Waals surface area contributed by atoms with Crippen LogP contribution in [-0.2, 0) is 9.53 Å². The number of benzene rings is 1. The van der Waals surface area contributed by atoms with Crippen LogP contribution in [0.5, 0.6) is 11.5 Å². The number of methoxy groups -OCH3 is 1. The molecule has 1 heterocycles. The molecule has 20 heavy (non-hydrogen) atoms. The highest BCUT2D eigenvalue weighted by atomic mass is 16.5. The summed E-state index contributed by atoms with van der Waals surface area (Å²) in [5.41, 5.74) is 0.258. The van der Waals surface area contributed by atoms with Gasteiger partial charge >= 0.3 is 5.97 Å². The molecule has 2 rings (SSSR count). The Balaban J connectivity index is 2.14. The summed E-state index contributed by atoms with van der Waals surface area (Å²) in [5.74, 6) is -0.347. The molecule has 0 radical (unpaired) electrons. The molecule has 110 valence electrons. The van der Waals surface area contributed by atoms with Crippen molar-refractivity contribution in [3.63, 3.8) is 0 Å². The van der Waals surface area contributed by atoms with E-state index in [-0.39, 0.29) is 11.7 Å². The van der Waals surface area contributed by atoms with Gasteiger partial charge in [0.1, 0.15) is 6.10 Å². The van der Waals surface area contributed by atoms with E-state index in [4.69, 9.17) is 19.3 Å². The van der Waals surface area contributed by atoms with Crippen molar-refractivity contribution in [1.29, 1.82) is 0 Å². The maximum atomic E-state index is 10.8. The Hall–Kier alpha value is -1.79. The van der Waals surface area contributed by atoms with Gasteiger partial charge in [-0.2, -0.15) is 0 Å². The molecule has 1 atom stereocenters. The zero-order chi connectivity index (χ0) is 14.5. The summed E-state index contributed by atoms with van der Waals surface area (Å²) >= 11 is 0. The lowest BCUT2D eigenvalue weighted by molar-refractivity contribution is -0.146. The maximum absolute atomic E-state index is 10.8. The molecule has 0 bridgehead atoms. The molecule has 6 heteroatoms. The number of hydrogen-bond donors (Lipinski definition) is 2. The van der Waals surface area contributed by atoms with Crippen molar-refractivity contribution in [2.45, 2.75) is 25.0 Å². The standard InChI is InChI=1S/C14H18O6/c1-18-12-8-9(13(15)14(16)17)2-3-11(12)20-10-4-6-19-7-5-10/h2-3,8,10,13,15H,4-7H2,1H3,(H,16,17). The van der Waals surface area contributed by atoms with Crippen LogP contribution in [0.1, 0.15) is 24.5 Å². The summed E-state index contributed by atoms with van der Waals surface area (Å²) in [5, 5.41) is 18.3. The Kier molecular flexibility index (Phi) is 4.81. The molecule has 1 aromatic carbocycles. The van der Waals surface area contributed by atoms with E-state index >= 15 is 0 Å². The van der Waals surface area contributed by atoms with E-state index in [9.17, 15) is 9.90 Å². The first kappa shape index (κ1) is 14.6. The lowest BCUT2D eigenvalue weighted by Crippen LogP contribution is -2.26. The third-order valence-electron chi connectivity index (χ3n) is 3.20. The second-order valence-corrected chi connectivity index (χ2v) is 4.58. The number of aliphatic carboxylic acids is 1. The number of rotatable bonds is 5. The van der Waals surface area contributed by atoms with Gasteiger partial charge in [-0.05, 0) is 17.7 Å². The third-order valence-corrected chi connectivity index (χ3v) is 3.20. The minimum Gasteiger partial charge on any atom is -0.493 e. The highest BCUT2D eigenvalue weighted by Crippen LogP contribution is 2.32. The fourth-order valence-electron chi connectivity index (χ4n) is 2.07. The Morgan fingerprint density at radius 3 is 2.65 bits per heavy atom.